The van der Waals surface area contributed by atoms with E-state index in [-0.39, 0.29) is 29.2 Å². The highest BCUT2D eigenvalue weighted by Gasteiger charge is 2.25. The fourth-order valence-electron chi connectivity index (χ4n) is 3.73. The second kappa shape index (κ2) is 9.98. The first-order chi connectivity index (χ1) is 15.1. The molecule has 1 fully saturated rings. The highest BCUT2D eigenvalue weighted by molar-refractivity contribution is 8.00. The van der Waals surface area contributed by atoms with E-state index in [4.69, 9.17) is 4.74 Å². The van der Waals surface area contributed by atoms with Gasteiger partial charge in [-0.3, -0.25) is 14.4 Å². The maximum atomic E-state index is 12.9. The number of hydrogen-bond donors (Lipinski definition) is 1. The number of para-hydroxylation sites is 1. The zero-order valence-corrected chi connectivity index (χ0v) is 18.0. The van der Waals surface area contributed by atoms with Crippen LogP contribution in [0.25, 0.3) is 0 Å². The molecule has 4 rings (SSSR count). The van der Waals surface area contributed by atoms with Gasteiger partial charge in [0.05, 0.1) is 24.7 Å². The number of hydrogen-bond acceptors (Lipinski definition) is 5. The maximum Gasteiger partial charge on any atom is 0.258 e. The number of nitrogens with zero attached hydrogens (tertiary/aromatic N) is 2. The Morgan fingerprint density at radius 2 is 1.68 bits per heavy atom. The number of benzene rings is 2. The Morgan fingerprint density at radius 3 is 2.45 bits per heavy atom. The summed E-state index contributed by atoms with van der Waals surface area (Å²) >= 11 is 1.30. The van der Waals surface area contributed by atoms with Crippen molar-refractivity contribution in [3.8, 4) is 0 Å². The van der Waals surface area contributed by atoms with Crippen LogP contribution in [-0.4, -0.2) is 67.0 Å². The van der Waals surface area contributed by atoms with Crippen molar-refractivity contribution in [3.63, 3.8) is 0 Å². The van der Waals surface area contributed by atoms with Crippen molar-refractivity contribution >= 4 is 40.9 Å². The Hall–Kier alpha value is -2.84. The van der Waals surface area contributed by atoms with Gasteiger partial charge in [-0.15, -0.1) is 11.8 Å². The summed E-state index contributed by atoms with van der Waals surface area (Å²) in [4.78, 5) is 40.7. The average Bonchev–Trinajstić information content (AvgIpc) is 3.24. The molecule has 3 amide bonds. The summed E-state index contributed by atoms with van der Waals surface area (Å²) in [5, 5.41) is 2.82. The minimum atomic E-state index is -0.174. The van der Waals surface area contributed by atoms with E-state index < -0.39 is 0 Å². The number of ether oxygens (including phenoxy) is 1. The van der Waals surface area contributed by atoms with Crippen molar-refractivity contribution in [1.82, 2.24) is 4.90 Å². The lowest BCUT2D eigenvalue weighted by atomic mass is 10.1. The van der Waals surface area contributed by atoms with E-state index in [0.29, 0.717) is 44.1 Å². The Labute approximate surface area is 185 Å². The van der Waals surface area contributed by atoms with Gasteiger partial charge in [0.15, 0.2) is 0 Å². The molecule has 8 heteroatoms. The largest absolute Gasteiger partial charge is 0.378 e. The molecule has 162 valence electrons. The molecule has 0 saturated carbocycles. The fraction of sp³-hybridized carbons (Fsp3) is 0.348. The van der Waals surface area contributed by atoms with Crippen LogP contribution in [0, 0.1) is 0 Å². The van der Waals surface area contributed by atoms with Crippen LogP contribution in [0.2, 0.25) is 0 Å². The lowest BCUT2D eigenvalue weighted by Crippen LogP contribution is -2.41. The van der Waals surface area contributed by atoms with Crippen molar-refractivity contribution in [1.29, 1.82) is 0 Å². The van der Waals surface area contributed by atoms with Crippen LogP contribution < -0.4 is 10.2 Å². The predicted molar refractivity (Wildman–Crippen MR) is 122 cm³/mol. The monoisotopic (exact) mass is 439 g/mol. The van der Waals surface area contributed by atoms with Crippen molar-refractivity contribution in [2.75, 3.05) is 54.6 Å². The SMILES string of the molecule is O=C(CSCC(=O)N1CCOCC1)Nc1ccc(C(=O)N2CCc3ccccc32)cc1. The molecule has 0 aliphatic carbocycles. The van der Waals surface area contributed by atoms with Crippen LogP contribution in [0.3, 0.4) is 0 Å². The molecule has 2 aromatic carbocycles. The molecular weight excluding hydrogens is 414 g/mol. The number of carbonyl (C=O) groups is 3. The van der Waals surface area contributed by atoms with Crippen molar-refractivity contribution in [3.05, 3.63) is 59.7 Å². The first-order valence-electron chi connectivity index (χ1n) is 10.3. The molecule has 0 aromatic heterocycles. The van der Waals surface area contributed by atoms with E-state index in [2.05, 4.69) is 5.32 Å². The Balaban J connectivity index is 1.25. The van der Waals surface area contributed by atoms with Crippen molar-refractivity contribution < 1.29 is 19.1 Å². The molecular formula is C23H25N3O4S. The van der Waals surface area contributed by atoms with Crippen LogP contribution in [0.15, 0.2) is 48.5 Å². The van der Waals surface area contributed by atoms with Crippen molar-refractivity contribution in [2.24, 2.45) is 0 Å². The number of rotatable bonds is 6. The van der Waals surface area contributed by atoms with Gasteiger partial charge in [0.2, 0.25) is 11.8 Å². The van der Waals surface area contributed by atoms with Gasteiger partial charge in [-0.05, 0) is 42.3 Å². The molecule has 2 aromatic rings. The van der Waals surface area contributed by atoms with Crippen LogP contribution in [0.5, 0.6) is 0 Å². The first kappa shape index (κ1) is 21.4. The van der Waals surface area contributed by atoms with E-state index in [1.54, 1.807) is 34.1 Å². The van der Waals surface area contributed by atoms with Gasteiger partial charge < -0.3 is 19.9 Å². The van der Waals surface area contributed by atoms with E-state index in [0.717, 1.165) is 12.1 Å². The van der Waals surface area contributed by atoms with Crippen LogP contribution in [0.4, 0.5) is 11.4 Å². The topological polar surface area (TPSA) is 79.0 Å². The average molecular weight is 440 g/mol. The molecule has 0 bridgehead atoms. The molecule has 0 spiro atoms. The molecule has 31 heavy (non-hydrogen) atoms. The Bertz CT molecular complexity index is 958. The molecule has 0 radical (unpaired) electrons. The Morgan fingerprint density at radius 1 is 0.935 bits per heavy atom. The third-order valence-corrected chi connectivity index (χ3v) is 6.29. The molecule has 2 heterocycles. The smallest absolute Gasteiger partial charge is 0.258 e. The summed E-state index contributed by atoms with van der Waals surface area (Å²) in [6.45, 7) is 3.04. The van der Waals surface area contributed by atoms with E-state index in [9.17, 15) is 14.4 Å². The van der Waals surface area contributed by atoms with Crippen LogP contribution in [0.1, 0.15) is 15.9 Å². The highest BCUT2D eigenvalue weighted by Crippen LogP contribution is 2.29. The zero-order chi connectivity index (χ0) is 21.6. The summed E-state index contributed by atoms with van der Waals surface area (Å²) < 4.78 is 5.24. The van der Waals surface area contributed by atoms with Crippen LogP contribution in [-0.2, 0) is 20.7 Å². The molecule has 1 N–H and O–H groups in total. The number of thioether (sulfide) groups is 1. The lowest BCUT2D eigenvalue weighted by molar-refractivity contribution is -0.132. The van der Waals surface area contributed by atoms with E-state index in [1.165, 1.54) is 17.3 Å². The van der Waals surface area contributed by atoms with Gasteiger partial charge in [-0.2, -0.15) is 0 Å². The fourth-order valence-corrected chi connectivity index (χ4v) is 4.45. The van der Waals surface area contributed by atoms with Crippen molar-refractivity contribution in [2.45, 2.75) is 6.42 Å². The minimum absolute atomic E-state index is 0.0347. The van der Waals surface area contributed by atoms with Gasteiger partial charge in [-0.1, -0.05) is 18.2 Å². The molecule has 2 aliphatic heterocycles. The van der Waals surface area contributed by atoms with Gasteiger partial charge in [0, 0.05) is 36.6 Å². The number of amides is 3. The number of carbonyl (C=O) groups excluding carboxylic acids is 3. The zero-order valence-electron chi connectivity index (χ0n) is 17.2. The Kier molecular flexibility index (Phi) is 6.89. The quantitative estimate of drug-likeness (QED) is 0.748. The number of nitrogens with one attached hydrogen (secondary N) is 1. The third kappa shape index (κ3) is 5.26. The van der Waals surface area contributed by atoms with E-state index in [1.807, 2.05) is 24.3 Å². The number of morpholine rings is 1. The molecule has 0 atom stereocenters. The second-order valence-electron chi connectivity index (χ2n) is 7.45. The van der Waals surface area contributed by atoms with Gasteiger partial charge in [0.1, 0.15) is 0 Å². The lowest BCUT2D eigenvalue weighted by Gasteiger charge is -2.26. The molecule has 2 aliphatic rings. The first-order valence-corrected chi connectivity index (χ1v) is 11.5. The highest BCUT2D eigenvalue weighted by atomic mass is 32.2. The molecule has 0 unspecified atom stereocenters. The number of anilines is 2. The van der Waals surface area contributed by atoms with Gasteiger partial charge >= 0.3 is 0 Å². The summed E-state index contributed by atoms with van der Waals surface area (Å²) in [7, 11) is 0. The second-order valence-corrected chi connectivity index (χ2v) is 8.43. The van der Waals surface area contributed by atoms with Gasteiger partial charge in [0.25, 0.3) is 5.91 Å². The normalized spacial score (nSPS) is 15.5. The molecule has 7 nitrogen and oxygen atoms in total. The van der Waals surface area contributed by atoms with E-state index >= 15 is 0 Å². The van der Waals surface area contributed by atoms with Gasteiger partial charge in [-0.25, -0.2) is 0 Å². The minimum Gasteiger partial charge on any atom is -0.378 e. The summed E-state index contributed by atoms with van der Waals surface area (Å²) in [5.41, 5.74) is 3.36. The third-order valence-electron chi connectivity index (χ3n) is 5.37. The molecule has 1 saturated heterocycles. The van der Waals surface area contributed by atoms with Crippen LogP contribution >= 0.6 is 11.8 Å². The standard InChI is InChI=1S/C23H25N3O4S/c27-21(15-31-16-22(28)25-11-13-30-14-12-25)24-19-7-5-18(6-8-19)23(29)26-10-9-17-3-1-2-4-20(17)26/h1-8H,9-16H2,(H,24,27). The predicted octanol–water partition coefficient (Wildman–Crippen LogP) is 2.42. The summed E-state index contributed by atoms with van der Waals surface area (Å²) in [6.07, 6.45) is 0.863. The number of fused-ring (bicyclic) bond motifs is 1. The summed E-state index contributed by atoms with van der Waals surface area (Å²) in [5.74, 6) is 0.291. The maximum absolute atomic E-state index is 12.9. The summed E-state index contributed by atoms with van der Waals surface area (Å²) in [6, 6.07) is 14.9.